The van der Waals surface area contributed by atoms with E-state index in [4.69, 9.17) is 5.73 Å². The zero-order valence-electron chi connectivity index (χ0n) is 28.8. The van der Waals surface area contributed by atoms with Crippen molar-refractivity contribution in [3.8, 4) is 0 Å². The number of aromatic nitrogens is 2. The van der Waals surface area contributed by atoms with Gasteiger partial charge in [-0.05, 0) is 29.5 Å². The minimum atomic E-state index is -1.46. The van der Waals surface area contributed by atoms with Crippen molar-refractivity contribution in [1.29, 1.82) is 0 Å². The highest BCUT2D eigenvalue weighted by Crippen LogP contribution is 2.10. The van der Waals surface area contributed by atoms with Gasteiger partial charge in [-0.15, -0.1) is 0 Å². The van der Waals surface area contributed by atoms with Gasteiger partial charge < -0.3 is 42.2 Å². The monoisotopic (exact) mass is 725 g/mol. The summed E-state index contributed by atoms with van der Waals surface area (Å²) >= 11 is 0. The molecule has 0 unspecified atom stereocenters. The number of nitrogens with two attached hydrogens (primary N) is 1. The summed E-state index contributed by atoms with van der Waals surface area (Å²) in [5, 5.41) is 29.6. The Balaban J connectivity index is 1.54. The van der Waals surface area contributed by atoms with E-state index in [-0.39, 0.29) is 32.1 Å². The molecular weight excluding hydrogens is 682 g/mol. The van der Waals surface area contributed by atoms with Crippen LogP contribution in [0, 0.1) is 0 Å². The van der Waals surface area contributed by atoms with Crippen molar-refractivity contribution >= 4 is 35.6 Å². The molecule has 4 rings (SSSR count). The maximum Gasteiger partial charge on any atom is 0.326 e. The van der Waals surface area contributed by atoms with Gasteiger partial charge in [-0.25, -0.2) is 9.78 Å². The van der Waals surface area contributed by atoms with E-state index >= 15 is 0 Å². The molecule has 0 bridgehead atoms. The fourth-order valence-corrected chi connectivity index (χ4v) is 5.53. The summed E-state index contributed by atoms with van der Waals surface area (Å²) in [5.74, 6) is -5.66. The van der Waals surface area contributed by atoms with Crippen LogP contribution in [0.5, 0.6) is 0 Å². The molecule has 0 saturated heterocycles. The van der Waals surface area contributed by atoms with Crippen LogP contribution in [0.4, 0.5) is 0 Å². The minimum Gasteiger partial charge on any atom is -0.481 e. The van der Waals surface area contributed by atoms with E-state index in [1.165, 1.54) is 12.5 Å². The van der Waals surface area contributed by atoms with Crippen LogP contribution in [0.15, 0.2) is 104 Å². The van der Waals surface area contributed by atoms with Crippen LogP contribution in [0.3, 0.4) is 0 Å². The number of aromatic amines is 1. The molecule has 0 spiro atoms. The quantitative estimate of drug-likeness (QED) is 0.0640. The molecule has 1 heterocycles. The summed E-state index contributed by atoms with van der Waals surface area (Å²) in [7, 11) is 0. The first kappa shape index (κ1) is 39.4. The lowest BCUT2D eigenvalue weighted by Crippen LogP contribution is -2.59. The van der Waals surface area contributed by atoms with Crippen molar-refractivity contribution in [2.75, 3.05) is 0 Å². The zero-order chi connectivity index (χ0) is 38.2. The van der Waals surface area contributed by atoms with Gasteiger partial charge in [0, 0.05) is 37.6 Å². The maximum atomic E-state index is 13.9. The Morgan fingerprint density at radius 2 is 1.02 bits per heavy atom. The SMILES string of the molecule is N[C@@H](Cc1ccccc1)C(=O)N[C@@H](Cc1ccccc1)C(=O)N[C@@H](CCC(=O)O)C(=O)N[C@@H](Cc1ccccc1)C(=O)N[C@@H](Cc1cnc[nH]1)C(=O)O. The van der Waals surface area contributed by atoms with Crippen LogP contribution in [-0.4, -0.2) is 86.0 Å². The van der Waals surface area contributed by atoms with Gasteiger partial charge in [0.2, 0.25) is 23.6 Å². The summed E-state index contributed by atoms with van der Waals surface area (Å²) < 4.78 is 0. The molecule has 53 heavy (non-hydrogen) atoms. The molecule has 0 fully saturated rings. The Bertz CT molecular complexity index is 1810. The lowest BCUT2D eigenvalue weighted by Gasteiger charge is -2.26. The normalized spacial score (nSPS) is 13.7. The highest BCUT2D eigenvalue weighted by atomic mass is 16.4. The van der Waals surface area contributed by atoms with Crippen molar-refractivity contribution in [2.45, 2.75) is 68.7 Å². The second-order valence-corrected chi connectivity index (χ2v) is 12.5. The second-order valence-electron chi connectivity index (χ2n) is 12.5. The first-order valence-electron chi connectivity index (χ1n) is 17.0. The third kappa shape index (κ3) is 13.0. The van der Waals surface area contributed by atoms with E-state index in [0.717, 1.165) is 5.56 Å². The van der Waals surface area contributed by atoms with Gasteiger partial charge >= 0.3 is 11.9 Å². The molecule has 0 aliphatic rings. The zero-order valence-corrected chi connectivity index (χ0v) is 28.8. The van der Waals surface area contributed by atoms with Gasteiger partial charge in [0.1, 0.15) is 24.2 Å². The Morgan fingerprint density at radius 1 is 0.585 bits per heavy atom. The predicted octanol–water partition coefficient (Wildman–Crippen LogP) is 0.896. The number of aliphatic carboxylic acids is 2. The van der Waals surface area contributed by atoms with Gasteiger partial charge in [-0.2, -0.15) is 0 Å². The number of hydrogen-bond acceptors (Lipinski definition) is 8. The third-order valence-electron chi connectivity index (χ3n) is 8.34. The smallest absolute Gasteiger partial charge is 0.326 e. The first-order chi connectivity index (χ1) is 25.5. The van der Waals surface area contributed by atoms with Crippen molar-refractivity contribution in [3.63, 3.8) is 0 Å². The van der Waals surface area contributed by atoms with Gasteiger partial charge in [-0.1, -0.05) is 91.0 Å². The van der Waals surface area contributed by atoms with Crippen molar-refractivity contribution < 1.29 is 39.0 Å². The number of amides is 4. The lowest BCUT2D eigenvalue weighted by atomic mass is 10.0. The number of benzene rings is 3. The molecule has 0 aliphatic heterocycles. The van der Waals surface area contributed by atoms with Crippen molar-refractivity contribution in [1.82, 2.24) is 31.2 Å². The highest BCUT2D eigenvalue weighted by molar-refractivity contribution is 5.96. The average molecular weight is 726 g/mol. The molecule has 5 atom stereocenters. The number of nitrogens with one attached hydrogen (secondary N) is 5. The second kappa shape index (κ2) is 19.9. The number of carboxylic acids is 2. The molecule has 4 amide bonds. The van der Waals surface area contributed by atoms with Crippen LogP contribution in [0.2, 0.25) is 0 Å². The number of carbonyl (C=O) groups is 6. The standard InChI is InChI=1S/C38H43N7O8/c39-28(18-24-10-4-1-5-11-24)34(48)43-30(19-25-12-6-2-7-13-25)36(50)42-29(16-17-33(46)47)35(49)44-31(20-26-14-8-3-9-15-26)37(51)45-32(38(52)53)21-27-22-40-23-41-27/h1-15,22-23,28-32H,16-21,39H2,(H,40,41)(H,42,50)(H,43,48)(H,44,49)(H,45,51)(H,46,47)(H,52,53)/t28-,29-,30-,31-,32-/m0/s1. The molecule has 9 N–H and O–H groups in total. The number of imidazole rings is 1. The Morgan fingerprint density at radius 3 is 1.47 bits per heavy atom. The Hall–Kier alpha value is -6.35. The van der Waals surface area contributed by atoms with Gasteiger partial charge in [0.05, 0.1) is 12.4 Å². The van der Waals surface area contributed by atoms with Crippen molar-refractivity contribution in [2.24, 2.45) is 5.73 Å². The summed E-state index contributed by atoms with van der Waals surface area (Å²) in [6, 6.07) is 20.2. The van der Waals surface area contributed by atoms with Crippen LogP contribution < -0.4 is 27.0 Å². The van der Waals surface area contributed by atoms with Gasteiger partial charge in [0.25, 0.3) is 0 Å². The molecule has 278 valence electrons. The van der Waals surface area contributed by atoms with E-state index in [2.05, 4.69) is 31.2 Å². The molecule has 0 saturated carbocycles. The van der Waals surface area contributed by atoms with E-state index in [1.807, 2.05) is 30.3 Å². The Kier molecular flexibility index (Phi) is 14.8. The fraction of sp³-hybridized carbons (Fsp3) is 0.289. The third-order valence-corrected chi connectivity index (χ3v) is 8.34. The number of rotatable bonds is 20. The molecule has 3 aromatic carbocycles. The van der Waals surface area contributed by atoms with Crippen LogP contribution in [0.1, 0.15) is 35.2 Å². The summed E-state index contributed by atoms with van der Waals surface area (Å²) in [5.41, 5.74) is 8.80. The number of nitrogens with zero attached hydrogens (tertiary/aromatic N) is 1. The van der Waals surface area contributed by atoms with Crippen LogP contribution in [0.25, 0.3) is 0 Å². The van der Waals surface area contributed by atoms with Gasteiger partial charge in [-0.3, -0.25) is 24.0 Å². The summed E-state index contributed by atoms with van der Waals surface area (Å²) in [6.45, 7) is 0. The highest BCUT2D eigenvalue weighted by Gasteiger charge is 2.32. The average Bonchev–Trinajstić information content (AvgIpc) is 3.66. The molecular formula is C38H43N7O8. The number of H-pyrrole nitrogens is 1. The molecule has 1 aromatic heterocycles. The maximum absolute atomic E-state index is 13.9. The molecule has 15 nitrogen and oxygen atoms in total. The number of carboxylic acid groups (broad SMARTS) is 2. The largest absolute Gasteiger partial charge is 0.481 e. The fourth-order valence-electron chi connectivity index (χ4n) is 5.53. The topological polar surface area (TPSA) is 246 Å². The summed E-state index contributed by atoms with van der Waals surface area (Å²) in [6.07, 6.45) is 1.97. The number of hydrogen-bond donors (Lipinski definition) is 8. The molecule has 0 radical (unpaired) electrons. The van der Waals surface area contributed by atoms with E-state index in [1.54, 1.807) is 60.7 Å². The minimum absolute atomic E-state index is 0.0235. The first-order valence-corrected chi connectivity index (χ1v) is 17.0. The lowest BCUT2D eigenvalue weighted by molar-refractivity contribution is -0.142. The van der Waals surface area contributed by atoms with Crippen LogP contribution >= 0.6 is 0 Å². The molecule has 0 aliphatic carbocycles. The molecule has 4 aromatic rings. The van der Waals surface area contributed by atoms with E-state index < -0.39 is 72.2 Å². The summed E-state index contributed by atoms with van der Waals surface area (Å²) in [4.78, 5) is 84.9. The van der Waals surface area contributed by atoms with Crippen LogP contribution in [-0.2, 0) is 54.5 Å². The van der Waals surface area contributed by atoms with E-state index in [9.17, 15) is 39.0 Å². The van der Waals surface area contributed by atoms with E-state index in [0.29, 0.717) is 16.8 Å². The number of carbonyl (C=O) groups excluding carboxylic acids is 4. The van der Waals surface area contributed by atoms with Gasteiger partial charge in [0.15, 0.2) is 0 Å². The molecule has 15 heteroatoms. The Labute approximate surface area is 305 Å². The van der Waals surface area contributed by atoms with Crippen molar-refractivity contribution in [3.05, 3.63) is 126 Å². The predicted molar refractivity (Wildman–Crippen MR) is 193 cm³/mol.